The standard InChI is InChI=1S/C18H18N2OS/c1-14(21)18(8-10-20(13-19)11-9-18)16-7-12-22-17(16)15-5-3-2-4-6-15/h2-7,12H,8-11H2,1H3. The molecule has 2 aromatic rings. The van der Waals surface area contributed by atoms with E-state index in [1.54, 1.807) is 23.2 Å². The van der Waals surface area contributed by atoms with Crippen LogP contribution in [0.15, 0.2) is 41.8 Å². The first-order valence-corrected chi connectivity index (χ1v) is 8.34. The molecule has 0 unspecified atom stereocenters. The van der Waals surface area contributed by atoms with Crippen molar-refractivity contribution in [2.75, 3.05) is 13.1 Å². The third-order valence-electron chi connectivity index (χ3n) is 4.65. The van der Waals surface area contributed by atoms with Gasteiger partial charge in [-0.3, -0.25) is 4.79 Å². The van der Waals surface area contributed by atoms with Crippen molar-refractivity contribution in [1.29, 1.82) is 5.26 Å². The molecule has 0 aliphatic carbocycles. The van der Waals surface area contributed by atoms with E-state index in [-0.39, 0.29) is 5.78 Å². The van der Waals surface area contributed by atoms with Crippen molar-refractivity contribution >= 4 is 17.1 Å². The molecule has 0 bridgehead atoms. The summed E-state index contributed by atoms with van der Waals surface area (Å²) in [7, 11) is 0. The van der Waals surface area contributed by atoms with Gasteiger partial charge in [-0.05, 0) is 42.3 Å². The normalized spacial score (nSPS) is 17.0. The van der Waals surface area contributed by atoms with E-state index in [0.717, 1.165) is 11.1 Å². The summed E-state index contributed by atoms with van der Waals surface area (Å²) in [5.74, 6) is 0.209. The van der Waals surface area contributed by atoms with Crippen molar-refractivity contribution in [3.63, 3.8) is 0 Å². The second kappa shape index (κ2) is 5.94. The zero-order valence-corrected chi connectivity index (χ0v) is 13.4. The van der Waals surface area contributed by atoms with Gasteiger partial charge in [-0.2, -0.15) is 5.26 Å². The minimum absolute atomic E-state index is 0.209. The Labute approximate surface area is 134 Å². The Hall–Kier alpha value is -2.12. The summed E-state index contributed by atoms with van der Waals surface area (Å²) in [5, 5.41) is 11.1. The fraction of sp³-hybridized carbons (Fsp3) is 0.333. The van der Waals surface area contributed by atoms with Crippen LogP contribution in [0.4, 0.5) is 0 Å². The van der Waals surface area contributed by atoms with E-state index in [4.69, 9.17) is 5.26 Å². The van der Waals surface area contributed by atoms with Crippen molar-refractivity contribution in [2.24, 2.45) is 0 Å². The highest BCUT2D eigenvalue weighted by molar-refractivity contribution is 7.13. The molecule has 1 aliphatic heterocycles. The van der Waals surface area contributed by atoms with Gasteiger partial charge in [-0.25, -0.2) is 0 Å². The second-order valence-corrected chi connectivity index (χ2v) is 6.67. The number of thiophene rings is 1. The maximum atomic E-state index is 12.5. The average molecular weight is 310 g/mol. The van der Waals surface area contributed by atoms with Crippen LogP contribution in [0, 0.1) is 11.5 Å². The van der Waals surface area contributed by atoms with Gasteiger partial charge in [0.15, 0.2) is 6.19 Å². The first-order valence-electron chi connectivity index (χ1n) is 7.46. The van der Waals surface area contributed by atoms with Gasteiger partial charge < -0.3 is 4.90 Å². The summed E-state index contributed by atoms with van der Waals surface area (Å²) in [6, 6.07) is 12.3. The van der Waals surface area contributed by atoms with Crippen LogP contribution >= 0.6 is 11.3 Å². The molecule has 0 spiro atoms. The Morgan fingerprint density at radius 2 is 1.91 bits per heavy atom. The molecule has 1 aromatic heterocycles. The van der Waals surface area contributed by atoms with Crippen LogP contribution in [0.25, 0.3) is 10.4 Å². The highest BCUT2D eigenvalue weighted by Gasteiger charge is 2.42. The van der Waals surface area contributed by atoms with Crippen LogP contribution in [0.2, 0.25) is 0 Å². The minimum Gasteiger partial charge on any atom is -0.311 e. The summed E-state index contributed by atoms with van der Waals surface area (Å²) < 4.78 is 0. The fourth-order valence-corrected chi connectivity index (χ4v) is 4.30. The van der Waals surface area contributed by atoms with E-state index in [9.17, 15) is 4.79 Å². The van der Waals surface area contributed by atoms with Crippen molar-refractivity contribution in [1.82, 2.24) is 4.90 Å². The van der Waals surface area contributed by atoms with E-state index >= 15 is 0 Å². The molecule has 0 radical (unpaired) electrons. The molecule has 3 nitrogen and oxygen atoms in total. The van der Waals surface area contributed by atoms with Crippen molar-refractivity contribution in [2.45, 2.75) is 25.2 Å². The molecule has 22 heavy (non-hydrogen) atoms. The first kappa shape index (κ1) is 14.8. The molecule has 1 aromatic carbocycles. The highest BCUT2D eigenvalue weighted by Crippen LogP contribution is 2.43. The van der Waals surface area contributed by atoms with Gasteiger partial charge in [0.05, 0.1) is 5.41 Å². The summed E-state index contributed by atoms with van der Waals surface area (Å²) in [6.07, 6.45) is 3.63. The summed E-state index contributed by atoms with van der Waals surface area (Å²) in [6.45, 7) is 2.99. The van der Waals surface area contributed by atoms with Gasteiger partial charge in [0.25, 0.3) is 0 Å². The van der Waals surface area contributed by atoms with Gasteiger partial charge in [-0.15, -0.1) is 11.3 Å². The zero-order chi connectivity index (χ0) is 15.6. The fourth-order valence-electron chi connectivity index (χ4n) is 3.30. The average Bonchev–Trinajstić information content (AvgIpc) is 3.05. The number of nitriles is 1. The number of Topliss-reactive ketones (excluding diaryl/α,β-unsaturated/α-hetero) is 1. The molecule has 112 valence electrons. The number of carbonyl (C=O) groups is 1. The Morgan fingerprint density at radius 1 is 1.23 bits per heavy atom. The van der Waals surface area contributed by atoms with E-state index in [0.29, 0.717) is 25.9 Å². The van der Waals surface area contributed by atoms with Gasteiger partial charge in [0, 0.05) is 18.0 Å². The molecule has 1 aliphatic rings. The van der Waals surface area contributed by atoms with Crippen molar-refractivity contribution in [3.05, 3.63) is 47.3 Å². The molecular formula is C18H18N2OS. The van der Waals surface area contributed by atoms with Crippen LogP contribution in [0.1, 0.15) is 25.3 Å². The predicted molar refractivity (Wildman–Crippen MR) is 88.5 cm³/mol. The maximum absolute atomic E-state index is 12.5. The topological polar surface area (TPSA) is 44.1 Å². The summed E-state index contributed by atoms with van der Waals surface area (Å²) in [5.41, 5.74) is 1.85. The number of hydrogen-bond acceptors (Lipinski definition) is 4. The van der Waals surface area contributed by atoms with Gasteiger partial charge in [-0.1, -0.05) is 30.3 Å². The molecule has 0 N–H and O–H groups in total. The number of likely N-dealkylation sites (tertiary alicyclic amines) is 1. The molecule has 2 heterocycles. The summed E-state index contributed by atoms with van der Waals surface area (Å²) in [4.78, 5) is 15.4. The number of nitrogens with zero attached hydrogens (tertiary/aromatic N) is 2. The molecule has 4 heteroatoms. The Bertz CT molecular complexity index is 706. The smallest absolute Gasteiger partial charge is 0.179 e. The molecular weight excluding hydrogens is 292 g/mol. The van der Waals surface area contributed by atoms with Crippen LogP contribution in [-0.2, 0) is 10.2 Å². The predicted octanol–water partition coefficient (Wildman–Crippen LogP) is 3.82. The number of carbonyl (C=O) groups excluding carboxylic acids is 1. The Kier molecular flexibility index (Phi) is 4.00. The maximum Gasteiger partial charge on any atom is 0.179 e. The third-order valence-corrected chi connectivity index (χ3v) is 5.61. The number of benzene rings is 1. The Balaban J connectivity index is 2.04. The number of hydrogen-bond donors (Lipinski definition) is 0. The van der Waals surface area contributed by atoms with E-state index in [1.807, 2.05) is 18.2 Å². The van der Waals surface area contributed by atoms with Crippen molar-refractivity contribution < 1.29 is 4.79 Å². The van der Waals surface area contributed by atoms with Crippen LogP contribution in [0.5, 0.6) is 0 Å². The lowest BCUT2D eigenvalue weighted by Crippen LogP contribution is -2.45. The lowest BCUT2D eigenvalue weighted by Gasteiger charge is -2.38. The van der Waals surface area contributed by atoms with Gasteiger partial charge in [0.1, 0.15) is 5.78 Å². The van der Waals surface area contributed by atoms with Crippen molar-refractivity contribution in [3.8, 4) is 16.6 Å². The molecule has 3 rings (SSSR count). The van der Waals surface area contributed by atoms with Crippen LogP contribution < -0.4 is 0 Å². The van der Waals surface area contributed by atoms with Crippen LogP contribution in [-0.4, -0.2) is 23.8 Å². The first-order chi connectivity index (χ1) is 10.7. The van der Waals surface area contributed by atoms with E-state index in [1.165, 1.54) is 4.88 Å². The summed E-state index contributed by atoms with van der Waals surface area (Å²) >= 11 is 1.69. The van der Waals surface area contributed by atoms with Crippen LogP contribution in [0.3, 0.4) is 0 Å². The second-order valence-electron chi connectivity index (χ2n) is 5.75. The molecule has 0 saturated carbocycles. The van der Waals surface area contributed by atoms with Gasteiger partial charge >= 0.3 is 0 Å². The van der Waals surface area contributed by atoms with E-state index in [2.05, 4.69) is 29.8 Å². The minimum atomic E-state index is -0.446. The Morgan fingerprint density at radius 3 is 2.50 bits per heavy atom. The molecule has 1 fully saturated rings. The zero-order valence-electron chi connectivity index (χ0n) is 12.6. The monoisotopic (exact) mass is 310 g/mol. The lowest BCUT2D eigenvalue weighted by atomic mass is 9.70. The number of rotatable bonds is 3. The quantitative estimate of drug-likeness (QED) is 0.810. The number of ketones is 1. The number of piperidine rings is 1. The SMILES string of the molecule is CC(=O)C1(c2ccsc2-c2ccccc2)CCN(C#N)CC1. The largest absolute Gasteiger partial charge is 0.311 e. The lowest BCUT2D eigenvalue weighted by molar-refractivity contribution is -0.124. The molecule has 1 saturated heterocycles. The van der Waals surface area contributed by atoms with E-state index < -0.39 is 5.41 Å². The molecule has 0 amide bonds. The third kappa shape index (κ3) is 2.42. The molecule has 0 atom stereocenters. The highest BCUT2D eigenvalue weighted by atomic mass is 32.1. The van der Waals surface area contributed by atoms with Gasteiger partial charge in [0.2, 0.25) is 0 Å².